The zero-order valence-corrected chi connectivity index (χ0v) is 22.9. The minimum Gasteiger partial charge on any atom is -0.468 e. The number of esters is 1. The van der Waals surface area contributed by atoms with E-state index in [0.29, 0.717) is 23.5 Å². The van der Waals surface area contributed by atoms with E-state index in [2.05, 4.69) is 30.1 Å². The highest BCUT2D eigenvalue weighted by molar-refractivity contribution is 7.52. The SMILES string of the molecule is CCCNc1ncnc2c1ncn2[C@@H]1O[C@H](CO[P@@](=O)(N[C@@H](C)C(=O)OC)Oc2ccccc2)[C@@H](O)[C@@]1(C)F. The van der Waals surface area contributed by atoms with Gasteiger partial charge in [0.25, 0.3) is 0 Å². The number of carbonyl (C=O) groups excluding carboxylic acids is 1. The highest BCUT2D eigenvalue weighted by Crippen LogP contribution is 2.48. The smallest absolute Gasteiger partial charge is 0.459 e. The largest absolute Gasteiger partial charge is 0.468 e. The molecule has 0 radical (unpaired) electrons. The Morgan fingerprint density at radius 2 is 2.05 bits per heavy atom. The van der Waals surface area contributed by atoms with Crippen LogP contribution in [-0.4, -0.2) is 74.8 Å². The van der Waals surface area contributed by atoms with Crippen LogP contribution in [0.3, 0.4) is 0 Å². The summed E-state index contributed by atoms with van der Waals surface area (Å²) < 4.78 is 52.6. The molecule has 4 rings (SSSR count). The van der Waals surface area contributed by atoms with E-state index < -0.39 is 50.5 Å². The molecule has 3 aromatic rings. The number of imidazole rings is 1. The van der Waals surface area contributed by atoms with Crippen molar-refractivity contribution in [1.82, 2.24) is 24.6 Å². The molecule has 0 aliphatic carbocycles. The molecule has 1 aliphatic rings. The molecule has 1 aromatic carbocycles. The van der Waals surface area contributed by atoms with Crippen molar-refractivity contribution in [2.75, 3.05) is 25.6 Å². The first-order chi connectivity index (χ1) is 18.6. The van der Waals surface area contributed by atoms with Crippen molar-refractivity contribution in [3.05, 3.63) is 43.0 Å². The molecule has 0 bridgehead atoms. The summed E-state index contributed by atoms with van der Waals surface area (Å²) >= 11 is 0. The number of alkyl halides is 1. The van der Waals surface area contributed by atoms with Crippen LogP contribution in [0.4, 0.5) is 10.2 Å². The molecule has 0 amide bonds. The van der Waals surface area contributed by atoms with E-state index >= 15 is 4.39 Å². The van der Waals surface area contributed by atoms with Crippen LogP contribution >= 0.6 is 7.75 Å². The molecule has 3 heterocycles. The fraction of sp³-hybridized carbons (Fsp3) is 0.500. The fourth-order valence-electron chi connectivity index (χ4n) is 4.10. The number of hydrogen-bond acceptors (Lipinski definition) is 11. The van der Waals surface area contributed by atoms with E-state index in [1.165, 1.54) is 38.2 Å². The molecule has 1 aliphatic heterocycles. The topological polar surface area (TPSA) is 159 Å². The van der Waals surface area contributed by atoms with Crippen molar-refractivity contribution in [3.8, 4) is 5.75 Å². The number of halogens is 1. The summed E-state index contributed by atoms with van der Waals surface area (Å²) in [5.41, 5.74) is -1.58. The number of rotatable bonds is 12. The van der Waals surface area contributed by atoms with Crippen LogP contribution < -0.4 is 14.9 Å². The molecule has 1 fully saturated rings. The van der Waals surface area contributed by atoms with Gasteiger partial charge in [-0.25, -0.2) is 23.9 Å². The number of nitrogens with one attached hydrogen (secondary N) is 2. The summed E-state index contributed by atoms with van der Waals surface area (Å²) in [5, 5.41) is 16.5. The van der Waals surface area contributed by atoms with Gasteiger partial charge in [0.1, 0.15) is 30.3 Å². The number of fused-ring (bicyclic) bond motifs is 1. The highest BCUT2D eigenvalue weighted by atomic mass is 31.2. The molecule has 39 heavy (non-hydrogen) atoms. The van der Waals surface area contributed by atoms with E-state index in [1.807, 2.05) is 6.92 Å². The van der Waals surface area contributed by atoms with Crippen molar-refractivity contribution in [3.63, 3.8) is 0 Å². The zero-order chi connectivity index (χ0) is 28.2. The van der Waals surface area contributed by atoms with E-state index in [0.717, 1.165) is 6.42 Å². The van der Waals surface area contributed by atoms with Crippen LogP contribution in [0.2, 0.25) is 0 Å². The number of benzene rings is 1. The average Bonchev–Trinajstić information content (AvgIpc) is 3.44. The third kappa shape index (κ3) is 6.20. The van der Waals surface area contributed by atoms with E-state index in [9.17, 15) is 14.5 Å². The van der Waals surface area contributed by atoms with Gasteiger partial charge in [0.05, 0.1) is 20.0 Å². The molecular formula is C24H32FN6O7P. The number of aliphatic hydroxyl groups excluding tert-OH is 1. The Kier molecular flexibility index (Phi) is 8.82. The van der Waals surface area contributed by atoms with Gasteiger partial charge in [-0.15, -0.1) is 0 Å². The molecule has 0 unspecified atom stereocenters. The summed E-state index contributed by atoms with van der Waals surface area (Å²) in [6, 6.07) is 7.09. The number of methoxy groups -OCH3 is 1. The van der Waals surface area contributed by atoms with Crippen LogP contribution in [0.25, 0.3) is 11.2 Å². The number of hydrogen-bond donors (Lipinski definition) is 3. The van der Waals surface area contributed by atoms with Crippen LogP contribution in [0, 0.1) is 0 Å². The minimum atomic E-state index is -4.23. The van der Waals surface area contributed by atoms with Crippen molar-refractivity contribution in [2.24, 2.45) is 0 Å². The van der Waals surface area contributed by atoms with Crippen molar-refractivity contribution in [2.45, 2.75) is 57.3 Å². The second kappa shape index (κ2) is 11.9. The van der Waals surface area contributed by atoms with Gasteiger partial charge in [-0.1, -0.05) is 25.1 Å². The Balaban J connectivity index is 1.55. The van der Waals surface area contributed by atoms with E-state index in [4.69, 9.17) is 13.8 Å². The molecule has 6 atom stereocenters. The minimum absolute atomic E-state index is 0.198. The summed E-state index contributed by atoms with van der Waals surface area (Å²) in [6.07, 6.45) is -0.730. The van der Waals surface area contributed by atoms with Gasteiger partial charge in [-0.05, 0) is 32.4 Å². The maximum Gasteiger partial charge on any atom is 0.459 e. The summed E-state index contributed by atoms with van der Waals surface area (Å²) in [4.78, 5) is 24.7. The van der Waals surface area contributed by atoms with Gasteiger partial charge in [0.15, 0.2) is 28.9 Å². The van der Waals surface area contributed by atoms with Crippen LogP contribution in [0.5, 0.6) is 5.75 Å². The molecule has 15 heteroatoms. The number of carbonyl (C=O) groups is 1. The van der Waals surface area contributed by atoms with Gasteiger partial charge < -0.3 is 24.4 Å². The van der Waals surface area contributed by atoms with Crippen molar-refractivity contribution >= 4 is 30.7 Å². The number of aliphatic hydroxyl groups is 1. The molecule has 0 spiro atoms. The van der Waals surface area contributed by atoms with Gasteiger partial charge >= 0.3 is 13.7 Å². The lowest BCUT2D eigenvalue weighted by molar-refractivity contribution is -0.142. The number of aromatic nitrogens is 4. The van der Waals surface area contributed by atoms with Crippen LogP contribution in [-0.2, 0) is 23.4 Å². The van der Waals surface area contributed by atoms with Crippen LogP contribution in [0.1, 0.15) is 33.4 Å². The van der Waals surface area contributed by atoms with Crippen molar-refractivity contribution < 1.29 is 37.4 Å². The number of nitrogens with zero attached hydrogens (tertiary/aromatic N) is 4. The fourth-order valence-corrected chi connectivity index (χ4v) is 5.60. The summed E-state index contributed by atoms with van der Waals surface area (Å²) in [7, 11) is -3.05. The van der Waals surface area contributed by atoms with E-state index in [-0.39, 0.29) is 5.75 Å². The molecule has 0 saturated carbocycles. The zero-order valence-electron chi connectivity index (χ0n) is 22.0. The van der Waals surface area contributed by atoms with Gasteiger partial charge in [-0.3, -0.25) is 13.9 Å². The van der Waals surface area contributed by atoms with Gasteiger partial charge in [-0.2, -0.15) is 5.09 Å². The molecule has 1 saturated heterocycles. The quantitative estimate of drug-likeness (QED) is 0.218. The Hall–Kier alpha value is -3.16. The third-order valence-corrected chi connectivity index (χ3v) is 7.80. The van der Waals surface area contributed by atoms with Crippen LogP contribution in [0.15, 0.2) is 43.0 Å². The Bertz CT molecular complexity index is 1330. The Morgan fingerprint density at radius 3 is 2.74 bits per heavy atom. The number of para-hydroxylation sites is 1. The molecular weight excluding hydrogens is 534 g/mol. The molecule has 13 nitrogen and oxygen atoms in total. The Morgan fingerprint density at radius 1 is 1.31 bits per heavy atom. The van der Waals surface area contributed by atoms with Gasteiger partial charge in [0, 0.05) is 6.54 Å². The van der Waals surface area contributed by atoms with Crippen molar-refractivity contribution in [1.29, 1.82) is 0 Å². The second-order valence-electron chi connectivity index (χ2n) is 9.17. The average molecular weight is 567 g/mol. The molecule has 212 valence electrons. The summed E-state index contributed by atoms with van der Waals surface area (Å²) in [6.45, 7) is 4.73. The predicted octanol–water partition coefficient (Wildman–Crippen LogP) is 2.99. The normalized spacial score (nSPS) is 25.2. The number of anilines is 1. The summed E-state index contributed by atoms with van der Waals surface area (Å²) in [5.74, 6) is -0.0150. The maximum atomic E-state index is 15.9. The third-order valence-electron chi connectivity index (χ3n) is 6.15. The molecule has 2 aromatic heterocycles. The highest BCUT2D eigenvalue weighted by Gasteiger charge is 2.56. The van der Waals surface area contributed by atoms with Gasteiger partial charge in [0.2, 0.25) is 0 Å². The number of ether oxygens (including phenoxy) is 2. The second-order valence-corrected chi connectivity index (χ2v) is 10.9. The lowest BCUT2D eigenvalue weighted by Gasteiger charge is -2.25. The first-order valence-corrected chi connectivity index (χ1v) is 13.9. The lowest BCUT2D eigenvalue weighted by atomic mass is 9.98. The molecule has 3 N–H and O–H groups in total. The lowest BCUT2D eigenvalue weighted by Crippen LogP contribution is -2.41. The Labute approximate surface area is 224 Å². The monoisotopic (exact) mass is 566 g/mol. The maximum absolute atomic E-state index is 15.9. The standard InChI is InChI=1S/C24H32FN6O7P/c1-5-11-26-20-18-21(28-13-27-20)31(14-29-18)23-24(3,25)19(32)17(37-23)12-36-39(34,30-15(2)22(33)35-4)38-16-9-7-6-8-10-16/h6-10,13-15,17,19,23,32H,5,11-12H2,1-4H3,(H,30,34)(H,26,27,28)/t15-,17+,19+,23+,24+,39-/m0/s1. The van der Waals surface area contributed by atoms with E-state index in [1.54, 1.807) is 30.3 Å². The first kappa shape index (κ1) is 28.8. The predicted molar refractivity (Wildman–Crippen MR) is 139 cm³/mol. The first-order valence-electron chi connectivity index (χ1n) is 12.4.